The van der Waals surface area contributed by atoms with Crippen LogP contribution in [0.3, 0.4) is 0 Å². The Morgan fingerprint density at radius 3 is 2.62 bits per heavy atom. The van der Waals surface area contributed by atoms with Gasteiger partial charge < -0.3 is 0 Å². The second kappa shape index (κ2) is 3.11. The Labute approximate surface area is 76.0 Å². The maximum absolute atomic E-state index is 11.1. The number of aromatic nitrogens is 2. The average Bonchev–Trinajstić information content (AvgIpc) is 2.03. The first-order valence-electron chi connectivity index (χ1n) is 3.39. The van der Waals surface area contributed by atoms with Crippen molar-refractivity contribution in [3.63, 3.8) is 0 Å². The predicted molar refractivity (Wildman–Crippen MR) is 44.6 cm³/mol. The number of aryl methyl sites for hydroxylation is 1. The van der Waals surface area contributed by atoms with E-state index >= 15 is 0 Å². The molecule has 0 unspecified atom stereocenters. The van der Waals surface area contributed by atoms with E-state index in [4.69, 9.17) is 5.26 Å². The molecule has 1 aromatic heterocycles. The van der Waals surface area contributed by atoms with Gasteiger partial charge in [-0.3, -0.25) is 0 Å². The number of nitriles is 1. The van der Waals surface area contributed by atoms with E-state index < -0.39 is 9.84 Å². The topological polar surface area (TPSA) is 83.7 Å². The molecule has 13 heavy (non-hydrogen) atoms. The first kappa shape index (κ1) is 9.61. The van der Waals surface area contributed by atoms with E-state index in [2.05, 4.69) is 9.97 Å². The zero-order chi connectivity index (χ0) is 10.1. The van der Waals surface area contributed by atoms with Crippen LogP contribution in [0.4, 0.5) is 0 Å². The minimum atomic E-state index is -3.44. The van der Waals surface area contributed by atoms with Crippen LogP contribution in [0, 0.1) is 18.3 Å². The van der Waals surface area contributed by atoms with E-state index in [1.807, 2.05) is 0 Å². The molecular formula is C7H7N3O2S. The summed E-state index contributed by atoms with van der Waals surface area (Å²) in [7, 11) is -3.44. The quantitative estimate of drug-likeness (QED) is 0.594. The lowest BCUT2D eigenvalue weighted by atomic mass is 10.4. The molecular weight excluding hydrogens is 190 g/mol. The van der Waals surface area contributed by atoms with Crippen molar-refractivity contribution >= 4 is 9.84 Å². The van der Waals surface area contributed by atoms with Crippen LogP contribution < -0.4 is 0 Å². The number of sulfone groups is 1. The van der Waals surface area contributed by atoms with Crippen LogP contribution in [0.2, 0.25) is 0 Å². The van der Waals surface area contributed by atoms with E-state index in [0.717, 1.165) is 6.26 Å². The summed E-state index contributed by atoms with van der Waals surface area (Å²) in [4.78, 5) is 7.42. The van der Waals surface area contributed by atoms with Gasteiger partial charge in [-0.25, -0.2) is 18.4 Å². The third kappa shape index (κ3) is 2.00. The minimum absolute atomic E-state index is 0.0203. The van der Waals surface area contributed by atoms with Gasteiger partial charge in [0.15, 0.2) is 14.9 Å². The van der Waals surface area contributed by atoms with Gasteiger partial charge >= 0.3 is 0 Å². The highest BCUT2D eigenvalue weighted by Gasteiger charge is 2.15. The highest BCUT2D eigenvalue weighted by atomic mass is 32.2. The fourth-order valence-corrected chi connectivity index (χ4v) is 1.60. The normalized spacial score (nSPS) is 10.8. The number of hydrogen-bond acceptors (Lipinski definition) is 5. The molecule has 0 aliphatic carbocycles. The summed E-state index contributed by atoms with van der Waals surface area (Å²) in [6, 6.07) is 1.73. The predicted octanol–water partition coefficient (Wildman–Crippen LogP) is 0.0602. The van der Waals surface area contributed by atoms with Crippen molar-refractivity contribution in [3.05, 3.63) is 17.6 Å². The molecule has 1 aromatic rings. The number of hydrogen-bond donors (Lipinski definition) is 0. The molecule has 0 saturated carbocycles. The van der Waals surface area contributed by atoms with Crippen molar-refractivity contribution in [1.82, 2.24) is 9.97 Å². The molecule has 0 amide bonds. The van der Waals surface area contributed by atoms with E-state index in [-0.39, 0.29) is 10.6 Å². The van der Waals surface area contributed by atoms with Crippen molar-refractivity contribution in [3.8, 4) is 6.07 Å². The van der Waals surface area contributed by atoms with E-state index in [1.54, 1.807) is 13.0 Å². The fraction of sp³-hybridized carbons (Fsp3) is 0.286. The summed E-state index contributed by atoms with van der Waals surface area (Å²) in [5, 5.41) is 8.37. The maximum atomic E-state index is 11.1. The van der Waals surface area contributed by atoms with Crippen LogP contribution in [-0.4, -0.2) is 24.6 Å². The summed E-state index contributed by atoms with van der Waals surface area (Å²) in [5.41, 5.74) is -0.0203. The Morgan fingerprint density at radius 2 is 2.15 bits per heavy atom. The third-order valence-electron chi connectivity index (χ3n) is 1.35. The van der Waals surface area contributed by atoms with E-state index in [0.29, 0.717) is 5.82 Å². The van der Waals surface area contributed by atoms with Gasteiger partial charge in [0.25, 0.3) is 0 Å². The van der Waals surface area contributed by atoms with Gasteiger partial charge in [-0.15, -0.1) is 0 Å². The molecule has 6 heteroatoms. The third-order valence-corrected chi connectivity index (χ3v) is 2.36. The van der Waals surface area contributed by atoms with Crippen LogP contribution in [0.25, 0.3) is 0 Å². The van der Waals surface area contributed by atoms with Gasteiger partial charge in [0.2, 0.25) is 0 Å². The molecule has 0 aromatic carbocycles. The Balaban J connectivity index is 3.53. The molecule has 0 atom stereocenters. The van der Waals surface area contributed by atoms with Crippen molar-refractivity contribution in [2.24, 2.45) is 0 Å². The molecule has 0 fully saturated rings. The summed E-state index contributed by atoms with van der Waals surface area (Å²) in [5.74, 6) is 0.333. The van der Waals surface area contributed by atoms with Gasteiger partial charge in [0.1, 0.15) is 17.5 Å². The summed E-state index contributed by atoms with van der Waals surface area (Å²) in [6.07, 6.45) is 2.22. The summed E-state index contributed by atoms with van der Waals surface area (Å²) < 4.78 is 22.2. The second-order valence-corrected chi connectivity index (χ2v) is 4.45. The Kier molecular flexibility index (Phi) is 2.30. The highest BCUT2D eigenvalue weighted by Crippen LogP contribution is 2.10. The number of rotatable bonds is 1. The zero-order valence-electron chi connectivity index (χ0n) is 7.14. The van der Waals surface area contributed by atoms with Crippen molar-refractivity contribution < 1.29 is 8.42 Å². The van der Waals surface area contributed by atoms with Crippen LogP contribution in [-0.2, 0) is 9.84 Å². The number of nitrogens with zero attached hydrogens (tertiary/aromatic N) is 3. The van der Waals surface area contributed by atoms with E-state index in [1.165, 1.54) is 6.20 Å². The first-order chi connectivity index (χ1) is 5.95. The molecule has 68 valence electrons. The molecule has 0 spiro atoms. The molecule has 0 saturated heterocycles. The molecule has 0 aliphatic rings. The zero-order valence-corrected chi connectivity index (χ0v) is 7.96. The Hall–Kier alpha value is -1.48. The van der Waals surface area contributed by atoms with Crippen molar-refractivity contribution in [2.75, 3.05) is 6.26 Å². The minimum Gasteiger partial charge on any atom is -0.240 e. The van der Waals surface area contributed by atoms with Crippen molar-refractivity contribution in [2.45, 2.75) is 11.9 Å². The molecule has 0 N–H and O–H groups in total. The SMILES string of the molecule is Cc1ncc(C#N)c(S(C)(=O)=O)n1. The first-order valence-corrected chi connectivity index (χ1v) is 5.28. The monoisotopic (exact) mass is 197 g/mol. The lowest BCUT2D eigenvalue weighted by Gasteiger charge is -1.99. The maximum Gasteiger partial charge on any atom is 0.194 e. The second-order valence-electron chi connectivity index (χ2n) is 2.52. The molecule has 1 heterocycles. The molecule has 0 radical (unpaired) electrons. The molecule has 1 rings (SSSR count). The smallest absolute Gasteiger partial charge is 0.194 e. The lowest BCUT2D eigenvalue weighted by molar-refractivity contribution is 0.596. The summed E-state index contributed by atoms with van der Waals surface area (Å²) >= 11 is 0. The fourth-order valence-electron chi connectivity index (χ4n) is 0.809. The Morgan fingerprint density at radius 1 is 1.54 bits per heavy atom. The van der Waals surface area contributed by atoms with Crippen LogP contribution in [0.1, 0.15) is 11.4 Å². The Bertz CT molecular complexity index is 473. The van der Waals surface area contributed by atoms with Gasteiger partial charge in [0.05, 0.1) is 0 Å². The highest BCUT2D eigenvalue weighted by molar-refractivity contribution is 7.90. The van der Waals surface area contributed by atoms with Crippen molar-refractivity contribution in [1.29, 1.82) is 5.26 Å². The molecule has 5 nitrogen and oxygen atoms in total. The molecule has 0 bridgehead atoms. The average molecular weight is 197 g/mol. The van der Waals surface area contributed by atoms with Gasteiger partial charge in [-0.2, -0.15) is 5.26 Å². The van der Waals surface area contributed by atoms with Gasteiger partial charge in [-0.05, 0) is 6.92 Å². The largest absolute Gasteiger partial charge is 0.240 e. The lowest BCUT2D eigenvalue weighted by Crippen LogP contribution is -2.06. The van der Waals surface area contributed by atoms with Crippen LogP contribution in [0.15, 0.2) is 11.2 Å². The van der Waals surface area contributed by atoms with Crippen LogP contribution >= 0.6 is 0 Å². The van der Waals surface area contributed by atoms with Crippen LogP contribution in [0.5, 0.6) is 0 Å². The molecule has 0 aliphatic heterocycles. The van der Waals surface area contributed by atoms with Gasteiger partial charge in [-0.1, -0.05) is 0 Å². The van der Waals surface area contributed by atoms with Gasteiger partial charge in [0, 0.05) is 12.5 Å². The standard InChI is InChI=1S/C7H7N3O2S/c1-5-9-4-6(3-8)7(10-5)13(2,11)12/h4H,1-2H3. The summed E-state index contributed by atoms with van der Waals surface area (Å²) in [6.45, 7) is 1.57. The van der Waals surface area contributed by atoms with E-state index in [9.17, 15) is 8.42 Å².